The molecule has 2 atom stereocenters. The fourth-order valence-corrected chi connectivity index (χ4v) is 4.56. The van der Waals surface area contributed by atoms with Gasteiger partial charge in [0.15, 0.2) is 11.0 Å². The van der Waals surface area contributed by atoms with Crippen molar-refractivity contribution in [3.05, 3.63) is 17.5 Å². The molecule has 2 aromatic rings. The van der Waals surface area contributed by atoms with Crippen LogP contribution in [0.25, 0.3) is 10.7 Å². The zero-order chi connectivity index (χ0) is 15.6. The highest BCUT2D eigenvalue weighted by Crippen LogP contribution is 2.33. The second-order valence-corrected chi connectivity index (χ2v) is 7.71. The number of hydrogen-bond donors (Lipinski definition) is 0. The van der Waals surface area contributed by atoms with Gasteiger partial charge in [-0.1, -0.05) is 17.8 Å². The predicted octanol–water partition coefficient (Wildman–Crippen LogP) is 2.59. The van der Waals surface area contributed by atoms with Crippen molar-refractivity contribution in [3.63, 3.8) is 0 Å². The van der Waals surface area contributed by atoms with Crippen molar-refractivity contribution in [2.45, 2.75) is 42.3 Å². The highest BCUT2D eigenvalue weighted by atomic mass is 32.2. The van der Waals surface area contributed by atoms with Crippen molar-refractivity contribution in [1.82, 2.24) is 14.8 Å². The summed E-state index contributed by atoms with van der Waals surface area (Å²) in [6.45, 7) is 2.04. The van der Waals surface area contributed by atoms with E-state index in [0.717, 1.165) is 48.3 Å². The molecule has 0 amide bonds. The number of rotatable bonds is 5. The number of carbonyl (C=O) groups excluding carboxylic acids is 1. The summed E-state index contributed by atoms with van der Waals surface area (Å²) in [7, 11) is 0. The number of nitrogens with zero attached hydrogens (tertiary/aromatic N) is 3. The van der Waals surface area contributed by atoms with E-state index in [9.17, 15) is 4.79 Å². The quantitative estimate of drug-likeness (QED) is 0.772. The molecular formula is C15H17N3O3S2. The Morgan fingerprint density at radius 3 is 3.00 bits per heavy atom. The van der Waals surface area contributed by atoms with Crippen molar-refractivity contribution in [3.8, 4) is 10.7 Å². The van der Waals surface area contributed by atoms with Gasteiger partial charge in [0.2, 0.25) is 0 Å². The molecule has 0 aliphatic carbocycles. The van der Waals surface area contributed by atoms with Crippen LogP contribution in [0.3, 0.4) is 0 Å². The molecule has 6 nitrogen and oxygen atoms in total. The van der Waals surface area contributed by atoms with Gasteiger partial charge in [-0.15, -0.1) is 21.5 Å². The maximum absolute atomic E-state index is 11.7. The van der Waals surface area contributed by atoms with Gasteiger partial charge in [0.25, 0.3) is 0 Å². The highest BCUT2D eigenvalue weighted by molar-refractivity contribution is 8.00. The molecule has 2 aliphatic rings. The van der Waals surface area contributed by atoms with E-state index in [1.807, 2.05) is 17.5 Å². The van der Waals surface area contributed by atoms with Crippen LogP contribution in [-0.4, -0.2) is 45.3 Å². The maximum atomic E-state index is 11.7. The Morgan fingerprint density at radius 1 is 1.35 bits per heavy atom. The molecule has 0 spiro atoms. The summed E-state index contributed by atoms with van der Waals surface area (Å²) in [4.78, 5) is 12.8. The van der Waals surface area contributed by atoms with E-state index in [0.29, 0.717) is 6.61 Å². The molecule has 4 heterocycles. The lowest BCUT2D eigenvalue weighted by Gasteiger charge is -2.14. The number of ether oxygens (including phenoxy) is 2. The molecular weight excluding hydrogens is 334 g/mol. The van der Waals surface area contributed by atoms with Crippen LogP contribution in [0.2, 0.25) is 0 Å². The van der Waals surface area contributed by atoms with Gasteiger partial charge < -0.3 is 9.47 Å². The highest BCUT2D eigenvalue weighted by Gasteiger charge is 2.31. The zero-order valence-electron chi connectivity index (χ0n) is 12.5. The molecule has 23 heavy (non-hydrogen) atoms. The molecule has 122 valence electrons. The molecule has 0 saturated carbocycles. The number of aromatic nitrogens is 3. The van der Waals surface area contributed by atoms with E-state index < -0.39 is 0 Å². The Labute approximate surface area is 142 Å². The molecule has 0 N–H and O–H groups in total. The van der Waals surface area contributed by atoms with Gasteiger partial charge in [-0.05, 0) is 24.3 Å². The van der Waals surface area contributed by atoms with Crippen LogP contribution in [0.5, 0.6) is 0 Å². The summed E-state index contributed by atoms with van der Waals surface area (Å²) in [6.07, 6.45) is 3.07. The van der Waals surface area contributed by atoms with Crippen LogP contribution < -0.4 is 0 Å². The second kappa shape index (κ2) is 6.62. The minimum atomic E-state index is -0.182. The molecule has 0 radical (unpaired) electrons. The summed E-state index contributed by atoms with van der Waals surface area (Å²) in [5.74, 6) is 0.698. The summed E-state index contributed by atoms with van der Waals surface area (Å²) in [6, 6.07) is 4.05. The Bertz CT molecular complexity index is 680. The fourth-order valence-electron chi connectivity index (χ4n) is 2.83. The molecule has 4 rings (SSSR count). The van der Waals surface area contributed by atoms with Crippen molar-refractivity contribution in [1.29, 1.82) is 0 Å². The van der Waals surface area contributed by atoms with Crippen molar-refractivity contribution in [2.75, 3.05) is 13.2 Å². The molecule has 2 fully saturated rings. The van der Waals surface area contributed by atoms with Gasteiger partial charge in [0.1, 0.15) is 5.25 Å². The number of hydrogen-bond acceptors (Lipinski definition) is 7. The van der Waals surface area contributed by atoms with E-state index in [2.05, 4.69) is 14.8 Å². The van der Waals surface area contributed by atoms with E-state index in [1.54, 1.807) is 11.3 Å². The van der Waals surface area contributed by atoms with Crippen molar-refractivity contribution < 1.29 is 14.3 Å². The lowest BCUT2D eigenvalue weighted by Crippen LogP contribution is -2.18. The normalized spacial score (nSPS) is 24.3. The SMILES string of the molecule is O=C1OCC[C@H]1Sc1nnc(-c2cccs2)n1C[C@@H]1CCCO1. The van der Waals surface area contributed by atoms with Crippen molar-refractivity contribution in [2.24, 2.45) is 0 Å². The molecule has 2 aliphatic heterocycles. The number of thioether (sulfide) groups is 1. The minimum Gasteiger partial charge on any atom is -0.465 e. The first-order valence-electron chi connectivity index (χ1n) is 7.73. The smallest absolute Gasteiger partial charge is 0.319 e. The first-order chi connectivity index (χ1) is 11.3. The second-order valence-electron chi connectivity index (χ2n) is 5.59. The zero-order valence-corrected chi connectivity index (χ0v) is 14.1. The van der Waals surface area contributed by atoms with E-state index in [-0.39, 0.29) is 17.3 Å². The third kappa shape index (κ3) is 3.15. The van der Waals surface area contributed by atoms with Crippen LogP contribution in [-0.2, 0) is 20.8 Å². The van der Waals surface area contributed by atoms with Gasteiger partial charge in [-0.3, -0.25) is 9.36 Å². The van der Waals surface area contributed by atoms with Crippen LogP contribution in [0, 0.1) is 0 Å². The Hall–Kier alpha value is -1.38. The van der Waals surface area contributed by atoms with E-state index >= 15 is 0 Å². The fraction of sp³-hybridized carbons (Fsp3) is 0.533. The number of cyclic esters (lactones) is 1. The molecule has 8 heteroatoms. The van der Waals surface area contributed by atoms with E-state index in [1.165, 1.54) is 11.8 Å². The summed E-state index contributed by atoms with van der Waals surface area (Å²) in [5.41, 5.74) is 0. The monoisotopic (exact) mass is 351 g/mol. The average Bonchev–Trinajstić information content (AvgIpc) is 3.31. The standard InChI is InChI=1S/C15H17N3O3S2/c19-14-12(5-7-21-14)23-15-17-16-13(11-4-2-8-22-11)18(15)9-10-3-1-6-20-10/h2,4,8,10,12H,1,3,5-7,9H2/t10-,12+/m0/s1. The number of thiophene rings is 1. The lowest BCUT2D eigenvalue weighted by molar-refractivity contribution is -0.137. The topological polar surface area (TPSA) is 66.2 Å². The van der Waals surface area contributed by atoms with Gasteiger partial charge >= 0.3 is 5.97 Å². The first-order valence-corrected chi connectivity index (χ1v) is 9.49. The van der Waals surface area contributed by atoms with Gasteiger partial charge in [0, 0.05) is 13.0 Å². The Balaban J connectivity index is 1.63. The van der Waals surface area contributed by atoms with Gasteiger partial charge in [0.05, 0.1) is 24.1 Å². The number of esters is 1. The first kappa shape index (κ1) is 15.2. The van der Waals surface area contributed by atoms with Crippen LogP contribution in [0.4, 0.5) is 0 Å². The summed E-state index contributed by atoms with van der Waals surface area (Å²) in [5, 5.41) is 11.3. The molecule has 0 bridgehead atoms. The Kier molecular flexibility index (Phi) is 4.37. The van der Waals surface area contributed by atoms with Crippen LogP contribution >= 0.6 is 23.1 Å². The largest absolute Gasteiger partial charge is 0.465 e. The summed E-state index contributed by atoms with van der Waals surface area (Å²) < 4.78 is 12.9. The van der Waals surface area contributed by atoms with Crippen LogP contribution in [0.15, 0.2) is 22.7 Å². The molecule has 2 saturated heterocycles. The van der Waals surface area contributed by atoms with Gasteiger partial charge in [-0.2, -0.15) is 0 Å². The molecule has 2 aromatic heterocycles. The van der Waals surface area contributed by atoms with E-state index in [4.69, 9.17) is 9.47 Å². The third-order valence-electron chi connectivity index (χ3n) is 4.00. The molecule has 0 aromatic carbocycles. The Morgan fingerprint density at radius 2 is 2.30 bits per heavy atom. The third-order valence-corrected chi connectivity index (χ3v) is 6.09. The average molecular weight is 351 g/mol. The van der Waals surface area contributed by atoms with Crippen LogP contribution in [0.1, 0.15) is 19.3 Å². The number of carbonyl (C=O) groups is 1. The van der Waals surface area contributed by atoms with Crippen molar-refractivity contribution >= 4 is 29.1 Å². The maximum Gasteiger partial charge on any atom is 0.319 e. The summed E-state index contributed by atoms with van der Waals surface area (Å²) >= 11 is 3.09. The van der Waals surface area contributed by atoms with Gasteiger partial charge in [-0.25, -0.2) is 0 Å². The lowest BCUT2D eigenvalue weighted by atomic mass is 10.2. The molecule has 0 unspecified atom stereocenters. The minimum absolute atomic E-state index is 0.153. The predicted molar refractivity (Wildman–Crippen MR) is 87.5 cm³/mol.